The van der Waals surface area contributed by atoms with Crippen LogP contribution in [-0.4, -0.2) is 59.8 Å². The van der Waals surface area contributed by atoms with Crippen LogP contribution in [0.1, 0.15) is 13.3 Å². The van der Waals surface area contributed by atoms with Crippen LogP contribution in [0.5, 0.6) is 0 Å². The number of urea groups is 1. The fraction of sp³-hybridized carbons (Fsp3) is 0.778. The van der Waals surface area contributed by atoms with Gasteiger partial charge in [0.25, 0.3) is 0 Å². The summed E-state index contributed by atoms with van der Waals surface area (Å²) in [6, 6.07) is -0.938. The van der Waals surface area contributed by atoms with E-state index in [2.05, 4.69) is 0 Å². The summed E-state index contributed by atoms with van der Waals surface area (Å²) >= 11 is 0. The summed E-state index contributed by atoms with van der Waals surface area (Å²) < 4.78 is 36.1. The van der Waals surface area contributed by atoms with Crippen molar-refractivity contribution < 1.29 is 27.9 Å². The lowest BCUT2D eigenvalue weighted by atomic mass is 10.4. The second-order valence-corrected chi connectivity index (χ2v) is 3.57. The number of nitrogens with zero attached hydrogens (tertiary/aromatic N) is 2. The van der Waals surface area contributed by atoms with E-state index in [9.17, 15) is 22.8 Å². The molecule has 8 heteroatoms. The summed E-state index contributed by atoms with van der Waals surface area (Å²) in [7, 11) is 0.986. The van der Waals surface area contributed by atoms with Crippen LogP contribution in [0.2, 0.25) is 0 Å². The maximum Gasteiger partial charge on any atom is 0.406 e. The smallest absolute Gasteiger partial charge is 0.406 e. The molecule has 1 N–H and O–H groups in total. The SMILES string of the molecule is CCCN(CC(=O)O)C(=O)N(C)CC(F)(F)F. The van der Waals surface area contributed by atoms with Gasteiger partial charge in [0.15, 0.2) is 0 Å². The Morgan fingerprint density at radius 1 is 1.29 bits per heavy atom. The minimum absolute atomic E-state index is 0.104. The molecule has 0 atom stereocenters. The number of hydrogen-bond donors (Lipinski definition) is 1. The van der Waals surface area contributed by atoms with Gasteiger partial charge in [-0.1, -0.05) is 6.92 Å². The molecule has 0 aliphatic carbocycles. The van der Waals surface area contributed by atoms with Crippen LogP contribution in [0, 0.1) is 0 Å². The number of carboxylic acids is 1. The molecule has 5 nitrogen and oxygen atoms in total. The number of carbonyl (C=O) groups excluding carboxylic acids is 1. The first-order chi connectivity index (χ1) is 7.67. The first kappa shape index (κ1) is 15.5. The fourth-order valence-electron chi connectivity index (χ4n) is 1.25. The standard InChI is InChI=1S/C9H15F3N2O3/c1-3-4-14(5-7(15)16)8(17)13(2)6-9(10,11)12/h3-6H2,1-2H3,(H,15,16). The predicted octanol–water partition coefficient (Wildman–Crippen LogP) is 1.40. The average molecular weight is 256 g/mol. The Labute approximate surface area is 96.8 Å². The zero-order valence-electron chi connectivity index (χ0n) is 9.62. The maximum atomic E-state index is 12.0. The van der Waals surface area contributed by atoms with Gasteiger partial charge in [-0.2, -0.15) is 13.2 Å². The molecular weight excluding hydrogens is 241 g/mol. The summed E-state index contributed by atoms with van der Waals surface area (Å²) in [5.41, 5.74) is 0. The molecule has 0 rings (SSSR count). The van der Waals surface area contributed by atoms with Gasteiger partial charge in [0, 0.05) is 13.6 Å². The highest BCUT2D eigenvalue weighted by molar-refractivity contribution is 5.80. The first-order valence-electron chi connectivity index (χ1n) is 4.96. The van der Waals surface area contributed by atoms with Gasteiger partial charge in [-0.05, 0) is 6.42 Å². The van der Waals surface area contributed by atoms with Crippen LogP contribution in [0.15, 0.2) is 0 Å². The molecular formula is C9H15F3N2O3. The normalized spacial score (nSPS) is 11.1. The average Bonchev–Trinajstić information content (AvgIpc) is 2.12. The molecule has 0 aromatic heterocycles. The van der Waals surface area contributed by atoms with E-state index in [0.29, 0.717) is 11.3 Å². The zero-order chi connectivity index (χ0) is 13.6. The van der Waals surface area contributed by atoms with E-state index in [1.807, 2.05) is 0 Å². The molecule has 100 valence electrons. The van der Waals surface area contributed by atoms with Crippen LogP contribution >= 0.6 is 0 Å². The maximum absolute atomic E-state index is 12.0. The zero-order valence-corrected chi connectivity index (χ0v) is 9.62. The number of amides is 2. The molecule has 0 aliphatic heterocycles. The van der Waals surface area contributed by atoms with Crippen molar-refractivity contribution in [2.75, 3.05) is 26.7 Å². The van der Waals surface area contributed by atoms with E-state index >= 15 is 0 Å². The molecule has 0 heterocycles. The van der Waals surface area contributed by atoms with Gasteiger partial charge < -0.3 is 14.9 Å². The predicted molar refractivity (Wildman–Crippen MR) is 53.6 cm³/mol. The first-order valence-corrected chi connectivity index (χ1v) is 4.96. The Morgan fingerprint density at radius 2 is 1.82 bits per heavy atom. The van der Waals surface area contributed by atoms with Crippen LogP contribution in [-0.2, 0) is 4.79 Å². The largest absolute Gasteiger partial charge is 0.480 e. The second kappa shape index (κ2) is 6.31. The Morgan fingerprint density at radius 3 is 2.18 bits per heavy atom. The van der Waals surface area contributed by atoms with Crippen molar-refractivity contribution in [2.24, 2.45) is 0 Å². The molecule has 0 saturated heterocycles. The van der Waals surface area contributed by atoms with E-state index in [4.69, 9.17) is 5.11 Å². The van der Waals surface area contributed by atoms with Crippen LogP contribution in [0.25, 0.3) is 0 Å². The van der Waals surface area contributed by atoms with Crippen LogP contribution < -0.4 is 0 Å². The second-order valence-electron chi connectivity index (χ2n) is 3.57. The number of carbonyl (C=O) groups is 2. The summed E-state index contributed by atoms with van der Waals surface area (Å²) in [5, 5.41) is 8.54. The Hall–Kier alpha value is -1.47. The van der Waals surface area contributed by atoms with E-state index < -0.39 is 31.3 Å². The summed E-state index contributed by atoms with van der Waals surface area (Å²) in [6.45, 7) is -0.195. The monoisotopic (exact) mass is 256 g/mol. The third kappa shape index (κ3) is 6.64. The minimum atomic E-state index is -4.49. The van der Waals surface area contributed by atoms with Crippen molar-refractivity contribution in [3.8, 4) is 0 Å². The molecule has 0 bridgehead atoms. The van der Waals surface area contributed by atoms with Crippen LogP contribution in [0.3, 0.4) is 0 Å². The number of alkyl halides is 3. The van der Waals surface area contributed by atoms with Gasteiger partial charge in [-0.25, -0.2) is 4.79 Å². The molecule has 0 radical (unpaired) electrons. The van der Waals surface area contributed by atoms with E-state index in [1.165, 1.54) is 0 Å². The van der Waals surface area contributed by atoms with Gasteiger partial charge in [0.1, 0.15) is 13.1 Å². The molecule has 2 amide bonds. The minimum Gasteiger partial charge on any atom is -0.480 e. The number of carboxylic acid groups (broad SMARTS) is 1. The molecule has 0 unspecified atom stereocenters. The molecule has 0 aromatic carbocycles. The molecule has 0 aliphatic rings. The molecule has 0 saturated carbocycles. The molecule has 17 heavy (non-hydrogen) atoms. The Balaban J connectivity index is 4.54. The van der Waals surface area contributed by atoms with E-state index in [1.54, 1.807) is 6.92 Å². The van der Waals surface area contributed by atoms with Crippen molar-refractivity contribution in [1.82, 2.24) is 9.80 Å². The summed E-state index contributed by atoms with van der Waals surface area (Å²) in [5.74, 6) is -1.26. The number of rotatable bonds is 5. The summed E-state index contributed by atoms with van der Waals surface area (Å²) in [6.07, 6.45) is -4.02. The van der Waals surface area contributed by atoms with Gasteiger partial charge in [-0.15, -0.1) is 0 Å². The lowest BCUT2D eigenvalue weighted by molar-refractivity contribution is -0.140. The van der Waals surface area contributed by atoms with Gasteiger partial charge >= 0.3 is 18.2 Å². The van der Waals surface area contributed by atoms with Gasteiger partial charge in [0.05, 0.1) is 0 Å². The molecule has 0 fully saturated rings. The highest BCUT2D eigenvalue weighted by Crippen LogP contribution is 2.16. The number of aliphatic carboxylic acids is 1. The lowest BCUT2D eigenvalue weighted by Gasteiger charge is -2.27. The quantitative estimate of drug-likeness (QED) is 0.808. The number of halogens is 3. The van der Waals surface area contributed by atoms with Crippen molar-refractivity contribution >= 4 is 12.0 Å². The third-order valence-electron chi connectivity index (χ3n) is 1.83. The van der Waals surface area contributed by atoms with Crippen molar-refractivity contribution in [2.45, 2.75) is 19.5 Å². The van der Waals surface area contributed by atoms with Crippen molar-refractivity contribution in [1.29, 1.82) is 0 Å². The number of hydrogen-bond acceptors (Lipinski definition) is 2. The third-order valence-corrected chi connectivity index (χ3v) is 1.83. The van der Waals surface area contributed by atoms with E-state index in [0.717, 1.165) is 11.9 Å². The Bertz CT molecular complexity index is 281. The lowest BCUT2D eigenvalue weighted by Crippen LogP contribution is -2.46. The highest BCUT2D eigenvalue weighted by atomic mass is 19.4. The topological polar surface area (TPSA) is 60.9 Å². The van der Waals surface area contributed by atoms with Crippen molar-refractivity contribution in [3.05, 3.63) is 0 Å². The van der Waals surface area contributed by atoms with Gasteiger partial charge in [-0.3, -0.25) is 4.79 Å². The van der Waals surface area contributed by atoms with E-state index in [-0.39, 0.29) is 6.54 Å². The molecule has 0 spiro atoms. The fourth-order valence-corrected chi connectivity index (χ4v) is 1.25. The van der Waals surface area contributed by atoms with Gasteiger partial charge in [0.2, 0.25) is 0 Å². The molecule has 0 aromatic rings. The Kier molecular flexibility index (Phi) is 5.77. The summed E-state index contributed by atoms with van der Waals surface area (Å²) in [4.78, 5) is 23.3. The van der Waals surface area contributed by atoms with Crippen molar-refractivity contribution in [3.63, 3.8) is 0 Å². The highest BCUT2D eigenvalue weighted by Gasteiger charge is 2.32. The van der Waals surface area contributed by atoms with Crippen LogP contribution in [0.4, 0.5) is 18.0 Å².